The van der Waals surface area contributed by atoms with E-state index in [9.17, 15) is 5.11 Å². The molecule has 26 heavy (non-hydrogen) atoms. The van der Waals surface area contributed by atoms with Gasteiger partial charge in [0.2, 0.25) is 0 Å². The number of fused-ring (bicyclic) bond motifs is 1. The largest absolute Gasteiger partial charge is 0.387 e. The van der Waals surface area contributed by atoms with Crippen LogP contribution in [0.3, 0.4) is 0 Å². The van der Waals surface area contributed by atoms with E-state index in [1.165, 1.54) is 18.4 Å². The minimum absolute atomic E-state index is 0.136. The number of aliphatic hydroxyl groups is 1. The summed E-state index contributed by atoms with van der Waals surface area (Å²) in [6.07, 6.45) is 4.76. The molecule has 3 nitrogen and oxygen atoms in total. The fourth-order valence-corrected chi connectivity index (χ4v) is 3.91. The number of para-hydroxylation sites is 1. The highest BCUT2D eigenvalue weighted by Crippen LogP contribution is 2.29. The van der Waals surface area contributed by atoms with Crippen molar-refractivity contribution in [3.05, 3.63) is 77.5 Å². The lowest BCUT2D eigenvalue weighted by Crippen LogP contribution is -2.38. The number of nitrogens with one attached hydrogen (secondary N) is 1. The lowest BCUT2D eigenvalue weighted by atomic mass is 9.92. The summed E-state index contributed by atoms with van der Waals surface area (Å²) < 4.78 is 0. The maximum Gasteiger partial charge on any atom is 0.0950 e. The third kappa shape index (κ3) is 3.79. The summed E-state index contributed by atoms with van der Waals surface area (Å²) >= 11 is 0. The first kappa shape index (κ1) is 17.2. The molecule has 2 unspecified atom stereocenters. The number of aryl methyl sites for hydroxylation is 2. The number of aromatic nitrogens is 1. The van der Waals surface area contributed by atoms with E-state index >= 15 is 0 Å². The van der Waals surface area contributed by atoms with Crippen LogP contribution in [0.15, 0.2) is 60.7 Å². The fourth-order valence-electron chi connectivity index (χ4n) is 3.91. The molecule has 1 saturated heterocycles. The first-order chi connectivity index (χ1) is 12.8. The minimum atomic E-state index is -0.487. The van der Waals surface area contributed by atoms with Gasteiger partial charge in [-0.25, -0.2) is 0 Å². The van der Waals surface area contributed by atoms with Crippen molar-refractivity contribution in [1.29, 1.82) is 0 Å². The Kier molecular flexibility index (Phi) is 5.28. The number of piperidine rings is 1. The number of benzene rings is 2. The number of pyridine rings is 1. The molecular formula is C23H26N2O. The van der Waals surface area contributed by atoms with Crippen molar-refractivity contribution in [2.45, 2.75) is 44.2 Å². The number of hydrogen-bond acceptors (Lipinski definition) is 3. The third-order valence-corrected chi connectivity index (χ3v) is 5.36. The summed E-state index contributed by atoms with van der Waals surface area (Å²) in [6.45, 7) is 0.992. The van der Waals surface area contributed by atoms with E-state index in [1.807, 2.05) is 24.3 Å². The van der Waals surface area contributed by atoms with Crippen molar-refractivity contribution in [2.75, 3.05) is 6.54 Å². The highest BCUT2D eigenvalue weighted by molar-refractivity contribution is 5.82. The average Bonchev–Trinajstić information content (AvgIpc) is 2.72. The predicted octanol–water partition coefficient (Wildman–Crippen LogP) is 4.20. The van der Waals surface area contributed by atoms with E-state index in [4.69, 9.17) is 4.98 Å². The van der Waals surface area contributed by atoms with Crippen LogP contribution in [-0.4, -0.2) is 22.7 Å². The molecular weight excluding hydrogens is 320 g/mol. The van der Waals surface area contributed by atoms with Gasteiger partial charge in [-0.2, -0.15) is 0 Å². The topological polar surface area (TPSA) is 45.2 Å². The van der Waals surface area contributed by atoms with Gasteiger partial charge in [-0.15, -0.1) is 0 Å². The van der Waals surface area contributed by atoms with E-state index in [0.717, 1.165) is 48.0 Å². The van der Waals surface area contributed by atoms with E-state index < -0.39 is 6.10 Å². The van der Waals surface area contributed by atoms with Gasteiger partial charge in [-0.3, -0.25) is 4.98 Å². The molecule has 1 fully saturated rings. The molecule has 3 aromatic rings. The number of hydrogen-bond donors (Lipinski definition) is 2. The summed E-state index contributed by atoms with van der Waals surface area (Å²) in [6, 6.07) is 20.9. The van der Waals surface area contributed by atoms with Crippen LogP contribution >= 0.6 is 0 Å². The Bertz CT molecular complexity index is 856. The molecule has 2 aromatic carbocycles. The SMILES string of the molecule is OC(c1cc(CCc2ccccc2)nc2ccccc12)C1CCCCN1. The van der Waals surface area contributed by atoms with E-state index in [0.29, 0.717) is 0 Å². The molecule has 134 valence electrons. The average molecular weight is 346 g/mol. The minimum Gasteiger partial charge on any atom is -0.387 e. The molecule has 2 heterocycles. The molecule has 0 aliphatic carbocycles. The molecule has 1 aliphatic rings. The Morgan fingerprint density at radius 3 is 2.62 bits per heavy atom. The van der Waals surface area contributed by atoms with Gasteiger partial charge in [0.15, 0.2) is 0 Å². The molecule has 0 amide bonds. The van der Waals surface area contributed by atoms with E-state index in [-0.39, 0.29) is 6.04 Å². The Morgan fingerprint density at radius 2 is 1.81 bits per heavy atom. The first-order valence-electron chi connectivity index (χ1n) is 9.65. The van der Waals surface area contributed by atoms with Crippen LogP contribution in [0.5, 0.6) is 0 Å². The van der Waals surface area contributed by atoms with Crippen molar-refractivity contribution in [3.63, 3.8) is 0 Å². The van der Waals surface area contributed by atoms with Gasteiger partial charge < -0.3 is 10.4 Å². The van der Waals surface area contributed by atoms with E-state index in [2.05, 4.69) is 41.7 Å². The first-order valence-corrected chi connectivity index (χ1v) is 9.65. The summed E-state index contributed by atoms with van der Waals surface area (Å²) in [5.41, 5.74) is 4.36. The molecule has 1 aliphatic heterocycles. The molecule has 2 N–H and O–H groups in total. The highest BCUT2D eigenvalue weighted by Gasteiger charge is 2.24. The monoisotopic (exact) mass is 346 g/mol. The lowest BCUT2D eigenvalue weighted by molar-refractivity contribution is 0.115. The van der Waals surface area contributed by atoms with Gasteiger partial charge >= 0.3 is 0 Å². The van der Waals surface area contributed by atoms with Crippen LogP contribution < -0.4 is 5.32 Å². The second-order valence-corrected chi connectivity index (χ2v) is 7.21. The molecule has 3 heteroatoms. The van der Waals surface area contributed by atoms with Gasteiger partial charge in [-0.05, 0) is 55.5 Å². The van der Waals surface area contributed by atoms with Gasteiger partial charge in [0.05, 0.1) is 11.6 Å². The van der Waals surface area contributed by atoms with Crippen LogP contribution in [0, 0.1) is 0 Å². The van der Waals surface area contributed by atoms with Crippen LogP contribution in [0.1, 0.15) is 42.2 Å². The van der Waals surface area contributed by atoms with Crippen molar-refractivity contribution in [3.8, 4) is 0 Å². The number of rotatable bonds is 5. The molecule has 0 spiro atoms. The Labute approximate surface area is 155 Å². The molecule has 0 radical (unpaired) electrons. The third-order valence-electron chi connectivity index (χ3n) is 5.36. The summed E-state index contributed by atoms with van der Waals surface area (Å²) in [5, 5.41) is 15.6. The lowest BCUT2D eigenvalue weighted by Gasteiger charge is -2.29. The summed E-state index contributed by atoms with van der Waals surface area (Å²) in [4.78, 5) is 4.85. The van der Waals surface area contributed by atoms with Crippen LogP contribution in [0.4, 0.5) is 0 Å². The molecule has 1 aromatic heterocycles. The van der Waals surface area contributed by atoms with Gasteiger partial charge in [0, 0.05) is 17.1 Å². The standard InChI is InChI=1S/C23H26N2O/c26-23(22-12-6-7-15-24-22)20-16-18(14-13-17-8-2-1-3-9-17)25-21-11-5-4-10-19(20)21/h1-5,8-11,16,22-24,26H,6-7,12-15H2. The molecule has 0 bridgehead atoms. The molecule has 0 saturated carbocycles. The normalized spacial score (nSPS) is 18.7. The number of nitrogens with zero attached hydrogens (tertiary/aromatic N) is 1. The number of aliphatic hydroxyl groups excluding tert-OH is 1. The predicted molar refractivity (Wildman–Crippen MR) is 106 cm³/mol. The highest BCUT2D eigenvalue weighted by atomic mass is 16.3. The smallest absolute Gasteiger partial charge is 0.0950 e. The van der Waals surface area contributed by atoms with Crippen molar-refractivity contribution in [2.24, 2.45) is 0 Å². The van der Waals surface area contributed by atoms with Crippen LogP contribution in [0.2, 0.25) is 0 Å². The zero-order chi connectivity index (χ0) is 17.8. The second-order valence-electron chi connectivity index (χ2n) is 7.21. The quantitative estimate of drug-likeness (QED) is 0.728. The van der Waals surface area contributed by atoms with Gasteiger partial charge in [0.25, 0.3) is 0 Å². The van der Waals surface area contributed by atoms with E-state index in [1.54, 1.807) is 0 Å². The van der Waals surface area contributed by atoms with Crippen molar-refractivity contribution in [1.82, 2.24) is 10.3 Å². The maximum absolute atomic E-state index is 11.1. The summed E-state index contributed by atoms with van der Waals surface area (Å²) in [5.74, 6) is 0. The van der Waals surface area contributed by atoms with Gasteiger partial charge in [0.1, 0.15) is 0 Å². The van der Waals surface area contributed by atoms with Gasteiger partial charge in [-0.1, -0.05) is 55.0 Å². The van der Waals surface area contributed by atoms with Crippen LogP contribution in [-0.2, 0) is 12.8 Å². The maximum atomic E-state index is 11.1. The Hall–Kier alpha value is -2.23. The van der Waals surface area contributed by atoms with Crippen molar-refractivity contribution < 1.29 is 5.11 Å². The molecule has 2 atom stereocenters. The Balaban J connectivity index is 1.64. The Morgan fingerprint density at radius 1 is 1.00 bits per heavy atom. The zero-order valence-electron chi connectivity index (χ0n) is 15.1. The fraction of sp³-hybridized carbons (Fsp3) is 0.348. The van der Waals surface area contributed by atoms with Crippen molar-refractivity contribution >= 4 is 10.9 Å². The zero-order valence-corrected chi connectivity index (χ0v) is 15.1. The van der Waals surface area contributed by atoms with Crippen LogP contribution in [0.25, 0.3) is 10.9 Å². The second kappa shape index (κ2) is 7.98. The molecule has 4 rings (SSSR count). The summed E-state index contributed by atoms with van der Waals surface area (Å²) in [7, 11) is 0.